The lowest BCUT2D eigenvalue weighted by Gasteiger charge is -2.35. The van der Waals surface area contributed by atoms with Gasteiger partial charge >= 0.3 is 0 Å². The van der Waals surface area contributed by atoms with Gasteiger partial charge in [0.05, 0.1) is 12.0 Å². The van der Waals surface area contributed by atoms with Crippen molar-refractivity contribution in [2.75, 3.05) is 39.9 Å². The molecule has 0 aromatic carbocycles. The predicted molar refractivity (Wildman–Crippen MR) is 67.7 cm³/mol. The minimum Gasteiger partial charge on any atom is -0.384 e. The Morgan fingerprint density at radius 3 is 2.71 bits per heavy atom. The van der Waals surface area contributed by atoms with Crippen LogP contribution in [0.3, 0.4) is 0 Å². The molecule has 1 aliphatic heterocycles. The number of hydrogen-bond donors (Lipinski definition) is 3. The quantitative estimate of drug-likeness (QED) is 0.544. The molecule has 0 unspecified atom stereocenters. The zero-order chi connectivity index (χ0) is 12.6. The number of carbonyl (C=O) groups excluding carboxylic acids is 1. The normalized spacial score (nSPS) is 18.9. The first-order valence-electron chi connectivity index (χ1n) is 6.43. The maximum Gasteiger partial charge on any atom is 0.228 e. The van der Waals surface area contributed by atoms with E-state index < -0.39 is 0 Å². The Bertz CT molecular complexity index is 222. The highest BCUT2D eigenvalue weighted by Gasteiger charge is 2.39. The van der Waals surface area contributed by atoms with Gasteiger partial charge in [0, 0.05) is 13.7 Å². The van der Waals surface area contributed by atoms with Crippen LogP contribution in [0.1, 0.15) is 25.7 Å². The number of hydrogen-bond acceptors (Lipinski definition) is 4. The molecular weight excluding hydrogens is 218 g/mol. The molecule has 1 aliphatic rings. The molecule has 1 fully saturated rings. The number of methoxy groups -OCH3 is 1. The smallest absolute Gasteiger partial charge is 0.228 e. The summed E-state index contributed by atoms with van der Waals surface area (Å²) in [6, 6.07) is 0. The molecule has 0 radical (unpaired) electrons. The van der Waals surface area contributed by atoms with Crippen molar-refractivity contribution in [2.24, 2.45) is 11.1 Å². The van der Waals surface area contributed by atoms with E-state index in [1.165, 1.54) is 0 Å². The SMILES string of the molecule is COCC1(C(=O)NCCCCN)CCNCC1. The predicted octanol–water partition coefficient (Wildman–Crippen LogP) is -0.142. The molecule has 0 aromatic heterocycles. The number of ether oxygens (including phenoxy) is 1. The summed E-state index contributed by atoms with van der Waals surface area (Å²) in [5, 5.41) is 6.29. The largest absolute Gasteiger partial charge is 0.384 e. The van der Waals surface area contributed by atoms with Crippen molar-refractivity contribution in [3.05, 3.63) is 0 Å². The summed E-state index contributed by atoms with van der Waals surface area (Å²) in [6.07, 6.45) is 3.61. The molecule has 1 amide bonds. The summed E-state index contributed by atoms with van der Waals surface area (Å²) < 4.78 is 5.22. The van der Waals surface area contributed by atoms with Crippen LogP contribution in [0, 0.1) is 5.41 Å². The van der Waals surface area contributed by atoms with Crippen molar-refractivity contribution < 1.29 is 9.53 Å². The van der Waals surface area contributed by atoms with E-state index >= 15 is 0 Å². The second-order valence-corrected chi connectivity index (χ2v) is 4.72. The van der Waals surface area contributed by atoms with Crippen LogP contribution >= 0.6 is 0 Å². The van der Waals surface area contributed by atoms with E-state index in [1.54, 1.807) is 7.11 Å². The second kappa shape index (κ2) is 7.63. The maximum atomic E-state index is 12.2. The van der Waals surface area contributed by atoms with Crippen LogP contribution in [-0.4, -0.2) is 45.8 Å². The third-order valence-electron chi connectivity index (χ3n) is 3.38. The van der Waals surface area contributed by atoms with Crippen LogP contribution in [0.25, 0.3) is 0 Å². The fourth-order valence-corrected chi connectivity index (χ4v) is 2.28. The van der Waals surface area contributed by atoms with Crippen molar-refractivity contribution in [3.63, 3.8) is 0 Å². The Kier molecular flexibility index (Phi) is 6.47. The van der Waals surface area contributed by atoms with Crippen LogP contribution in [0.2, 0.25) is 0 Å². The van der Waals surface area contributed by atoms with Gasteiger partial charge in [0.25, 0.3) is 0 Å². The Balaban J connectivity index is 2.42. The third-order valence-corrected chi connectivity index (χ3v) is 3.38. The highest BCUT2D eigenvalue weighted by atomic mass is 16.5. The first-order valence-corrected chi connectivity index (χ1v) is 6.43. The van der Waals surface area contributed by atoms with Crippen molar-refractivity contribution in [1.82, 2.24) is 10.6 Å². The first-order chi connectivity index (χ1) is 8.25. The van der Waals surface area contributed by atoms with Crippen molar-refractivity contribution in [3.8, 4) is 0 Å². The van der Waals surface area contributed by atoms with Gasteiger partial charge in [-0.1, -0.05) is 0 Å². The van der Waals surface area contributed by atoms with Gasteiger partial charge in [0.1, 0.15) is 0 Å². The molecule has 0 bridgehead atoms. The molecule has 4 N–H and O–H groups in total. The first kappa shape index (κ1) is 14.4. The van der Waals surface area contributed by atoms with Gasteiger partial charge < -0.3 is 21.1 Å². The second-order valence-electron chi connectivity index (χ2n) is 4.72. The zero-order valence-corrected chi connectivity index (χ0v) is 10.8. The molecule has 0 atom stereocenters. The average molecular weight is 243 g/mol. The monoisotopic (exact) mass is 243 g/mol. The average Bonchev–Trinajstić information content (AvgIpc) is 2.36. The molecule has 17 heavy (non-hydrogen) atoms. The van der Waals surface area contributed by atoms with Crippen LogP contribution in [0.4, 0.5) is 0 Å². The molecule has 0 aliphatic carbocycles. The highest BCUT2D eigenvalue weighted by molar-refractivity contribution is 5.82. The van der Waals surface area contributed by atoms with Crippen LogP contribution in [-0.2, 0) is 9.53 Å². The van der Waals surface area contributed by atoms with Crippen molar-refractivity contribution in [1.29, 1.82) is 0 Å². The van der Waals surface area contributed by atoms with Gasteiger partial charge in [-0.15, -0.1) is 0 Å². The van der Waals surface area contributed by atoms with E-state index in [0.29, 0.717) is 13.2 Å². The van der Waals surface area contributed by atoms with E-state index in [-0.39, 0.29) is 11.3 Å². The van der Waals surface area contributed by atoms with Crippen LogP contribution < -0.4 is 16.4 Å². The number of nitrogens with one attached hydrogen (secondary N) is 2. The van der Waals surface area contributed by atoms with Gasteiger partial charge in [0.15, 0.2) is 0 Å². The fourth-order valence-electron chi connectivity index (χ4n) is 2.28. The van der Waals surface area contributed by atoms with E-state index in [0.717, 1.165) is 45.3 Å². The van der Waals surface area contributed by atoms with Crippen molar-refractivity contribution >= 4 is 5.91 Å². The fraction of sp³-hybridized carbons (Fsp3) is 0.917. The summed E-state index contributed by atoms with van der Waals surface area (Å²) in [7, 11) is 1.66. The third kappa shape index (κ3) is 4.26. The van der Waals surface area contributed by atoms with E-state index in [2.05, 4.69) is 10.6 Å². The standard InChI is InChI=1S/C12H25N3O2/c1-17-10-12(4-8-14-9-5-12)11(16)15-7-3-2-6-13/h14H,2-10,13H2,1H3,(H,15,16). The Morgan fingerprint density at radius 1 is 1.41 bits per heavy atom. The lowest BCUT2D eigenvalue weighted by Crippen LogP contribution is -2.50. The minimum absolute atomic E-state index is 0.137. The van der Waals surface area contributed by atoms with Gasteiger partial charge in [-0.25, -0.2) is 0 Å². The summed E-state index contributed by atoms with van der Waals surface area (Å²) in [4.78, 5) is 12.2. The molecule has 1 saturated heterocycles. The lowest BCUT2D eigenvalue weighted by molar-refractivity contribution is -0.136. The highest BCUT2D eigenvalue weighted by Crippen LogP contribution is 2.29. The topological polar surface area (TPSA) is 76.4 Å². The number of unbranched alkanes of at least 4 members (excludes halogenated alkanes) is 1. The summed E-state index contributed by atoms with van der Waals surface area (Å²) >= 11 is 0. The lowest BCUT2D eigenvalue weighted by atomic mass is 9.78. The Hall–Kier alpha value is -0.650. The summed E-state index contributed by atoms with van der Waals surface area (Å²) in [5.74, 6) is 0.137. The van der Waals surface area contributed by atoms with E-state index in [1.807, 2.05) is 0 Å². The van der Waals surface area contributed by atoms with Gasteiger partial charge in [0.2, 0.25) is 5.91 Å². The van der Waals surface area contributed by atoms with Crippen LogP contribution in [0.15, 0.2) is 0 Å². The molecule has 0 aromatic rings. The number of rotatable bonds is 7. The maximum absolute atomic E-state index is 12.2. The van der Waals surface area contributed by atoms with Crippen LogP contribution in [0.5, 0.6) is 0 Å². The number of amides is 1. The molecule has 1 heterocycles. The molecule has 0 spiro atoms. The van der Waals surface area contributed by atoms with Crippen molar-refractivity contribution in [2.45, 2.75) is 25.7 Å². The van der Waals surface area contributed by atoms with E-state index in [9.17, 15) is 4.79 Å². The van der Waals surface area contributed by atoms with Gasteiger partial charge in [-0.2, -0.15) is 0 Å². The molecule has 5 heteroatoms. The van der Waals surface area contributed by atoms with E-state index in [4.69, 9.17) is 10.5 Å². The summed E-state index contributed by atoms with van der Waals surface area (Å²) in [6.45, 7) is 3.69. The minimum atomic E-state index is -0.331. The van der Waals surface area contributed by atoms with Gasteiger partial charge in [-0.3, -0.25) is 4.79 Å². The Morgan fingerprint density at radius 2 is 2.12 bits per heavy atom. The number of nitrogens with two attached hydrogens (primary N) is 1. The van der Waals surface area contributed by atoms with Gasteiger partial charge in [-0.05, 0) is 45.3 Å². The molecule has 0 saturated carbocycles. The summed E-state index contributed by atoms with van der Waals surface area (Å²) in [5.41, 5.74) is 5.09. The molecule has 100 valence electrons. The molecular formula is C12H25N3O2. The number of piperidine rings is 1. The Labute approximate surface area is 103 Å². The number of carbonyl (C=O) groups is 1. The molecule has 1 rings (SSSR count). The zero-order valence-electron chi connectivity index (χ0n) is 10.8. The molecule has 5 nitrogen and oxygen atoms in total.